The van der Waals surface area contributed by atoms with Crippen LogP contribution in [0.2, 0.25) is 5.02 Å². The number of anilines is 1. The normalized spacial score (nSPS) is 12.9. The Morgan fingerprint density at radius 3 is 2.81 bits per heavy atom. The molecule has 1 unspecified atom stereocenters. The van der Waals surface area contributed by atoms with Gasteiger partial charge >= 0.3 is 0 Å². The zero-order chi connectivity index (χ0) is 12.1. The van der Waals surface area contributed by atoms with Gasteiger partial charge in [0.1, 0.15) is 5.82 Å². The zero-order valence-corrected chi connectivity index (χ0v) is 10.8. The Balaban J connectivity index is 2.79. The fourth-order valence-electron chi connectivity index (χ4n) is 1.38. The third-order valence-electron chi connectivity index (χ3n) is 2.81. The van der Waals surface area contributed by atoms with Crippen molar-refractivity contribution in [1.82, 2.24) is 9.88 Å². The molecule has 1 heterocycles. The molecule has 0 saturated heterocycles. The molecule has 0 aliphatic rings. The lowest BCUT2D eigenvalue weighted by Crippen LogP contribution is -2.28. The van der Waals surface area contributed by atoms with E-state index in [0.29, 0.717) is 16.9 Å². The number of rotatable bonds is 5. The summed E-state index contributed by atoms with van der Waals surface area (Å²) in [6.07, 6.45) is 1.10. The maximum absolute atomic E-state index is 6.09. The number of halogens is 1. The van der Waals surface area contributed by atoms with Crippen molar-refractivity contribution in [2.75, 3.05) is 12.5 Å². The minimum Gasteiger partial charge on any atom is -0.308 e. The molecule has 0 fully saturated rings. The Morgan fingerprint density at radius 2 is 2.25 bits per heavy atom. The highest BCUT2D eigenvalue weighted by Gasteiger charge is 2.11. The number of pyridine rings is 1. The van der Waals surface area contributed by atoms with E-state index in [1.165, 1.54) is 0 Å². The van der Waals surface area contributed by atoms with Crippen LogP contribution in [0.25, 0.3) is 0 Å². The molecule has 1 atom stereocenters. The van der Waals surface area contributed by atoms with Crippen molar-refractivity contribution < 1.29 is 0 Å². The molecule has 90 valence electrons. The van der Waals surface area contributed by atoms with Crippen molar-refractivity contribution >= 4 is 17.4 Å². The molecule has 0 spiro atoms. The van der Waals surface area contributed by atoms with Crippen LogP contribution < -0.4 is 11.3 Å². The summed E-state index contributed by atoms with van der Waals surface area (Å²) in [5.41, 5.74) is 3.37. The standard InChI is InChI=1S/C11H19ClN4/c1-4-8(2)16(3)7-10-9(12)5-6-11(14-10)15-13/h5-6,8H,4,7,13H2,1-3H3,(H,14,15). The van der Waals surface area contributed by atoms with Gasteiger partial charge in [-0.2, -0.15) is 0 Å². The number of nitrogens with one attached hydrogen (secondary N) is 1. The topological polar surface area (TPSA) is 54.2 Å². The molecule has 0 amide bonds. The minimum atomic E-state index is 0.507. The third-order valence-corrected chi connectivity index (χ3v) is 3.15. The van der Waals surface area contributed by atoms with Gasteiger partial charge in [-0.05, 0) is 32.5 Å². The van der Waals surface area contributed by atoms with E-state index in [9.17, 15) is 0 Å². The van der Waals surface area contributed by atoms with Crippen LogP contribution in [-0.2, 0) is 6.54 Å². The van der Waals surface area contributed by atoms with Gasteiger partial charge in [0.2, 0.25) is 0 Å². The van der Waals surface area contributed by atoms with Gasteiger partial charge in [-0.25, -0.2) is 10.8 Å². The second-order valence-electron chi connectivity index (χ2n) is 3.94. The molecule has 5 heteroatoms. The summed E-state index contributed by atoms with van der Waals surface area (Å²) in [6.45, 7) is 5.07. The number of nitrogens with two attached hydrogens (primary N) is 1. The summed E-state index contributed by atoms with van der Waals surface area (Å²) in [5.74, 6) is 5.95. The van der Waals surface area contributed by atoms with E-state index in [1.54, 1.807) is 6.07 Å². The van der Waals surface area contributed by atoms with Crippen LogP contribution in [0.5, 0.6) is 0 Å². The number of aromatic nitrogens is 1. The van der Waals surface area contributed by atoms with Crippen molar-refractivity contribution in [1.29, 1.82) is 0 Å². The molecular formula is C11H19ClN4. The third kappa shape index (κ3) is 3.33. The van der Waals surface area contributed by atoms with Crippen LogP contribution in [0.3, 0.4) is 0 Å². The molecule has 4 nitrogen and oxygen atoms in total. The van der Waals surface area contributed by atoms with Gasteiger partial charge in [0, 0.05) is 12.6 Å². The molecule has 1 rings (SSSR count). The Bertz CT molecular complexity index is 343. The van der Waals surface area contributed by atoms with E-state index in [1.807, 2.05) is 6.07 Å². The SMILES string of the molecule is CCC(C)N(C)Cc1nc(NN)ccc1Cl. The van der Waals surface area contributed by atoms with Crippen LogP contribution in [0.15, 0.2) is 12.1 Å². The molecular weight excluding hydrogens is 224 g/mol. The average molecular weight is 243 g/mol. The molecule has 0 aromatic carbocycles. The average Bonchev–Trinajstić information content (AvgIpc) is 2.30. The van der Waals surface area contributed by atoms with E-state index >= 15 is 0 Å². The first-order valence-electron chi connectivity index (χ1n) is 5.40. The van der Waals surface area contributed by atoms with Crippen LogP contribution >= 0.6 is 11.6 Å². The van der Waals surface area contributed by atoms with Gasteiger partial charge in [-0.15, -0.1) is 0 Å². The van der Waals surface area contributed by atoms with Crippen molar-refractivity contribution in [3.05, 3.63) is 22.8 Å². The fraction of sp³-hybridized carbons (Fsp3) is 0.545. The van der Waals surface area contributed by atoms with E-state index in [-0.39, 0.29) is 0 Å². The molecule has 0 bridgehead atoms. The number of nitrogens with zero attached hydrogens (tertiary/aromatic N) is 2. The Labute approximate surface area is 102 Å². The molecule has 1 aromatic rings. The second-order valence-corrected chi connectivity index (χ2v) is 4.35. The van der Waals surface area contributed by atoms with Crippen LogP contribution in [0.1, 0.15) is 26.0 Å². The van der Waals surface area contributed by atoms with Gasteiger partial charge in [-0.1, -0.05) is 18.5 Å². The minimum absolute atomic E-state index is 0.507. The lowest BCUT2D eigenvalue weighted by atomic mass is 10.2. The summed E-state index contributed by atoms with van der Waals surface area (Å²) < 4.78 is 0. The summed E-state index contributed by atoms with van der Waals surface area (Å²) in [6, 6.07) is 4.07. The molecule has 0 aliphatic carbocycles. The van der Waals surface area contributed by atoms with Crippen LogP contribution in [0.4, 0.5) is 5.82 Å². The first-order valence-corrected chi connectivity index (χ1v) is 5.78. The summed E-state index contributed by atoms with van der Waals surface area (Å²) >= 11 is 6.09. The van der Waals surface area contributed by atoms with Crippen molar-refractivity contribution in [3.8, 4) is 0 Å². The maximum Gasteiger partial charge on any atom is 0.140 e. The predicted octanol–water partition coefficient (Wildman–Crippen LogP) is 2.25. The molecule has 0 saturated carbocycles. The zero-order valence-electron chi connectivity index (χ0n) is 10.00. The van der Waals surface area contributed by atoms with Gasteiger partial charge in [-0.3, -0.25) is 4.90 Å². The predicted molar refractivity (Wildman–Crippen MR) is 68.3 cm³/mol. The first kappa shape index (κ1) is 13.2. The highest BCUT2D eigenvalue weighted by Crippen LogP contribution is 2.18. The molecule has 3 N–H and O–H groups in total. The monoisotopic (exact) mass is 242 g/mol. The number of hydrazine groups is 1. The highest BCUT2D eigenvalue weighted by atomic mass is 35.5. The largest absolute Gasteiger partial charge is 0.308 e. The summed E-state index contributed by atoms with van der Waals surface area (Å²) in [7, 11) is 2.06. The smallest absolute Gasteiger partial charge is 0.140 e. The number of nitrogen functional groups attached to an aromatic ring is 1. The van der Waals surface area contributed by atoms with Gasteiger partial charge in [0.15, 0.2) is 0 Å². The Morgan fingerprint density at radius 1 is 1.56 bits per heavy atom. The molecule has 1 aromatic heterocycles. The van der Waals surface area contributed by atoms with Crippen molar-refractivity contribution in [2.45, 2.75) is 32.9 Å². The summed E-state index contributed by atoms with van der Waals surface area (Å²) in [5, 5.41) is 0.675. The lowest BCUT2D eigenvalue weighted by Gasteiger charge is -2.23. The van der Waals surface area contributed by atoms with E-state index in [0.717, 1.165) is 18.7 Å². The van der Waals surface area contributed by atoms with Crippen molar-refractivity contribution in [2.24, 2.45) is 5.84 Å². The number of hydrogen-bond acceptors (Lipinski definition) is 4. The molecule has 0 radical (unpaired) electrons. The molecule has 0 aliphatic heterocycles. The van der Waals surface area contributed by atoms with Gasteiger partial charge in [0.25, 0.3) is 0 Å². The van der Waals surface area contributed by atoms with E-state index in [2.05, 4.69) is 36.2 Å². The van der Waals surface area contributed by atoms with Crippen molar-refractivity contribution in [3.63, 3.8) is 0 Å². The van der Waals surface area contributed by atoms with Gasteiger partial charge < -0.3 is 5.43 Å². The fourth-order valence-corrected chi connectivity index (χ4v) is 1.54. The highest BCUT2D eigenvalue weighted by molar-refractivity contribution is 6.31. The maximum atomic E-state index is 6.09. The quantitative estimate of drug-likeness (QED) is 0.614. The Hall–Kier alpha value is -0.840. The van der Waals surface area contributed by atoms with Crippen LogP contribution in [0, 0.1) is 0 Å². The Kier molecular flexibility index (Phi) is 4.99. The van der Waals surface area contributed by atoms with E-state index < -0.39 is 0 Å². The second kappa shape index (κ2) is 6.03. The first-order chi connectivity index (χ1) is 7.58. The lowest BCUT2D eigenvalue weighted by molar-refractivity contribution is 0.241. The summed E-state index contributed by atoms with van der Waals surface area (Å²) in [4.78, 5) is 6.55. The van der Waals surface area contributed by atoms with Crippen LogP contribution in [-0.4, -0.2) is 23.0 Å². The number of hydrogen-bond donors (Lipinski definition) is 2. The van der Waals surface area contributed by atoms with E-state index in [4.69, 9.17) is 17.4 Å². The van der Waals surface area contributed by atoms with Gasteiger partial charge in [0.05, 0.1) is 10.7 Å². The molecule has 16 heavy (non-hydrogen) atoms.